The van der Waals surface area contributed by atoms with E-state index in [-0.39, 0.29) is 12.5 Å². The van der Waals surface area contributed by atoms with Crippen LogP contribution in [0.25, 0.3) is 0 Å². The zero-order chi connectivity index (χ0) is 14.8. The van der Waals surface area contributed by atoms with E-state index in [4.69, 9.17) is 5.11 Å². The molecule has 4 nitrogen and oxygen atoms in total. The average molecular weight is 280 g/mol. The van der Waals surface area contributed by atoms with E-state index in [0.717, 1.165) is 38.5 Å². The Morgan fingerprint density at radius 3 is 2.45 bits per heavy atom. The topological polar surface area (TPSA) is 73.1 Å². The Balaban J connectivity index is 2.56. The Kier molecular flexibility index (Phi) is 7.61. The first-order chi connectivity index (χ1) is 9.68. The summed E-state index contributed by atoms with van der Waals surface area (Å²) in [6, 6.07) is 2.28. The van der Waals surface area contributed by atoms with Gasteiger partial charge in [0.15, 0.2) is 0 Å². The molecule has 0 bridgehead atoms. The van der Waals surface area contributed by atoms with E-state index < -0.39 is 5.41 Å². The van der Waals surface area contributed by atoms with Crippen LogP contribution >= 0.6 is 0 Å². The molecule has 0 saturated heterocycles. The number of hydrogen-bond acceptors (Lipinski definition) is 3. The fraction of sp³-hybridized carbons (Fsp3) is 0.875. The lowest BCUT2D eigenvalue weighted by molar-refractivity contribution is -0.129. The lowest BCUT2D eigenvalue weighted by Crippen LogP contribution is -2.42. The highest BCUT2D eigenvalue weighted by atomic mass is 16.3. The highest BCUT2D eigenvalue weighted by molar-refractivity contribution is 5.85. The molecule has 0 radical (unpaired) electrons. The summed E-state index contributed by atoms with van der Waals surface area (Å²) in [4.78, 5) is 12.4. The molecule has 1 rings (SSSR count). The lowest BCUT2D eigenvalue weighted by atomic mass is 9.81. The third-order valence-corrected chi connectivity index (χ3v) is 4.39. The molecule has 1 atom stereocenters. The predicted molar refractivity (Wildman–Crippen MR) is 78.9 cm³/mol. The molecule has 4 heteroatoms. The minimum absolute atomic E-state index is 0.0963. The first-order valence-electron chi connectivity index (χ1n) is 7.99. The third kappa shape index (κ3) is 4.79. The van der Waals surface area contributed by atoms with Crippen molar-refractivity contribution in [2.24, 2.45) is 11.3 Å². The maximum Gasteiger partial charge on any atom is 0.240 e. The highest BCUT2D eigenvalue weighted by Gasteiger charge is 2.38. The first kappa shape index (κ1) is 17.0. The van der Waals surface area contributed by atoms with Crippen LogP contribution < -0.4 is 5.32 Å². The second kappa shape index (κ2) is 8.97. The summed E-state index contributed by atoms with van der Waals surface area (Å²) in [7, 11) is 0. The minimum atomic E-state index is -0.813. The number of nitrogens with zero attached hydrogens (tertiary/aromatic N) is 1. The van der Waals surface area contributed by atoms with E-state index in [2.05, 4.69) is 18.3 Å². The van der Waals surface area contributed by atoms with Crippen LogP contribution in [0.1, 0.15) is 64.7 Å². The van der Waals surface area contributed by atoms with Gasteiger partial charge in [0, 0.05) is 13.2 Å². The number of aliphatic hydroxyl groups is 1. The standard InChI is InChI=1S/C16H28N2O2/c1-2-7-14(8-11-19)12-18-15(20)16(13-17)9-5-3-4-6-10-16/h14,19H,2-12H2,1H3,(H,18,20). The van der Waals surface area contributed by atoms with Crippen LogP contribution in [0.5, 0.6) is 0 Å². The van der Waals surface area contributed by atoms with Crippen molar-refractivity contribution >= 4 is 5.91 Å². The molecule has 0 aromatic heterocycles. The molecule has 0 heterocycles. The summed E-state index contributed by atoms with van der Waals surface area (Å²) < 4.78 is 0. The van der Waals surface area contributed by atoms with Crippen LogP contribution in [0.3, 0.4) is 0 Å². The van der Waals surface area contributed by atoms with Crippen LogP contribution in [0, 0.1) is 22.7 Å². The van der Waals surface area contributed by atoms with Crippen molar-refractivity contribution in [1.29, 1.82) is 5.26 Å². The van der Waals surface area contributed by atoms with Gasteiger partial charge in [-0.2, -0.15) is 5.26 Å². The molecule has 0 aliphatic heterocycles. The van der Waals surface area contributed by atoms with Crippen LogP contribution in [-0.4, -0.2) is 24.2 Å². The van der Waals surface area contributed by atoms with Crippen molar-refractivity contribution in [3.63, 3.8) is 0 Å². The largest absolute Gasteiger partial charge is 0.396 e. The molecule has 2 N–H and O–H groups in total. The van der Waals surface area contributed by atoms with Crippen LogP contribution in [0.2, 0.25) is 0 Å². The second-order valence-electron chi connectivity index (χ2n) is 5.99. The molecule has 1 saturated carbocycles. The molecule has 1 fully saturated rings. The molecule has 0 aromatic carbocycles. The van der Waals surface area contributed by atoms with Gasteiger partial charge in [-0.1, -0.05) is 39.0 Å². The van der Waals surface area contributed by atoms with E-state index in [1.165, 1.54) is 0 Å². The van der Waals surface area contributed by atoms with Gasteiger partial charge in [-0.25, -0.2) is 0 Å². The number of hydrogen-bond donors (Lipinski definition) is 2. The molecule has 0 aromatic rings. The maximum absolute atomic E-state index is 12.4. The molecule has 1 aliphatic carbocycles. The van der Waals surface area contributed by atoms with Crippen molar-refractivity contribution in [2.45, 2.75) is 64.7 Å². The average Bonchev–Trinajstić information content (AvgIpc) is 2.71. The Hall–Kier alpha value is -1.08. The third-order valence-electron chi connectivity index (χ3n) is 4.39. The van der Waals surface area contributed by atoms with Crippen molar-refractivity contribution in [1.82, 2.24) is 5.32 Å². The van der Waals surface area contributed by atoms with Crippen molar-refractivity contribution in [2.75, 3.05) is 13.2 Å². The van der Waals surface area contributed by atoms with Crippen molar-refractivity contribution in [3.8, 4) is 6.07 Å². The summed E-state index contributed by atoms with van der Waals surface area (Å²) in [6.45, 7) is 2.84. The fourth-order valence-corrected chi connectivity index (χ4v) is 3.07. The van der Waals surface area contributed by atoms with Crippen molar-refractivity contribution in [3.05, 3.63) is 0 Å². The molecular formula is C16H28N2O2. The molecule has 20 heavy (non-hydrogen) atoms. The maximum atomic E-state index is 12.4. The predicted octanol–water partition coefficient (Wildman–Crippen LogP) is 2.77. The Bertz CT molecular complexity index is 322. The normalized spacial score (nSPS) is 19.6. The van der Waals surface area contributed by atoms with E-state index in [1.807, 2.05) is 0 Å². The van der Waals surface area contributed by atoms with Gasteiger partial charge in [-0.05, 0) is 31.6 Å². The van der Waals surface area contributed by atoms with Gasteiger partial charge >= 0.3 is 0 Å². The number of nitriles is 1. The Morgan fingerprint density at radius 1 is 1.30 bits per heavy atom. The zero-order valence-corrected chi connectivity index (χ0v) is 12.7. The number of nitrogens with one attached hydrogen (secondary N) is 1. The quantitative estimate of drug-likeness (QED) is 0.704. The Labute approximate surface area is 122 Å². The molecule has 0 spiro atoms. The molecule has 1 unspecified atom stereocenters. The number of rotatable bonds is 7. The van der Waals surface area contributed by atoms with Gasteiger partial charge < -0.3 is 10.4 Å². The summed E-state index contributed by atoms with van der Waals surface area (Å²) in [6.07, 6.45) is 8.32. The number of carbonyl (C=O) groups is 1. The smallest absolute Gasteiger partial charge is 0.240 e. The van der Waals surface area contributed by atoms with Gasteiger partial charge in [-0.15, -0.1) is 0 Å². The van der Waals surface area contributed by atoms with Gasteiger partial charge in [0.25, 0.3) is 0 Å². The molecule has 1 aliphatic rings. The van der Waals surface area contributed by atoms with Gasteiger partial charge in [0.05, 0.1) is 6.07 Å². The number of amides is 1. The molecule has 114 valence electrons. The van der Waals surface area contributed by atoms with E-state index in [0.29, 0.717) is 31.7 Å². The van der Waals surface area contributed by atoms with Gasteiger partial charge in [-0.3, -0.25) is 4.79 Å². The minimum Gasteiger partial charge on any atom is -0.396 e. The van der Waals surface area contributed by atoms with Gasteiger partial charge in [0.2, 0.25) is 5.91 Å². The number of aliphatic hydroxyl groups excluding tert-OH is 1. The summed E-state index contributed by atoms with van der Waals surface area (Å²) >= 11 is 0. The van der Waals surface area contributed by atoms with E-state index in [9.17, 15) is 10.1 Å². The summed E-state index contributed by atoms with van der Waals surface area (Å²) in [5.41, 5.74) is -0.813. The monoisotopic (exact) mass is 280 g/mol. The number of carbonyl (C=O) groups excluding carboxylic acids is 1. The molecular weight excluding hydrogens is 252 g/mol. The van der Waals surface area contributed by atoms with Gasteiger partial charge in [0.1, 0.15) is 5.41 Å². The zero-order valence-electron chi connectivity index (χ0n) is 12.7. The second-order valence-corrected chi connectivity index (χ2v) is 5.99. The highest BCUT2D eigenvalue weighted by Crippen LogP contribution is 2.34. The SMILES string of the molecule is CCCC(CCO)CNC(=O)C1(C#N)CCCCCC1. The van der Waals surface area contributed by atoms with Crippen molar-refractivity contribution < 1.29 is 9.90 Å². The first-order valence-corrected chi connectivity index (χ1v) is 7.99. The fourth-order valence-electron chi connectivity index (χ4n) is 3.07. The van der Waals surface area contributed by atoms with E-state index >= 15 is 0 Å². The van der Waals surface area contributed by atoms with Crippen LogP contribution in [0.4, 0.5) is 0 Å². The Morgan fingerprint density at radius 2 is 1.95 bits per heavy atom. The molecule has 1 amide bonds. The summed E-state index contributed by atoms with van der Waals surface area (Å²) in [5, 5.41) is 21.5. The lowest BCUT2D eigenvalue weighted by Gasteiger charge is -2.25. The van der Waals surface area contributed by atoms with Crippen LogP contribution in [-0.2, 0) is 4.79 Å². The van der Waals surface area contributed by atoms with E-state index in [1.54, 1.807) is 0 Å². The van der Waals surface area contributed by atoms with Crippen LogP contribution in [0.15, 0.2) is 0 Å². The summed E-state index contributed by atoms with van der Waals surface area (Å²) in [5.74, 6) is 0.219.